The Morgan fingerprint density at radius 3 is 2.53 bits per heavy atom. The summed E-state index contributed by atoms with van der Waals surface area (Å²) >= 11 is 0. The van der Waals surface area contributed by atoms with Gasteiger partial charge in [-0.15, -0.1) is 0 Å². The zero-order valence-corrected chi connectivity index (χ0v) is 10.8. The highest BCUT2D eigenvalue weighted by Crippen LogP contribution is 2.03. The predicted octanol–water partition coefficient (Wildman–Crippen LogP) is 0.237. The zero-order valence-electron chi connectivity index (χ0n) is 10.8. The number of hydrogen-bond donors (Lipinski definition) is 3. The van der Waals surface area contributed by atoms with Crippen LogP contribution >= 0.6 is 0 Å². The van der Waals surface area contributed by atoms with Gasteiger partial charge in [0.25, 0.3) is 0 Å². The van der Waals surface area contributed by atoms with Gasteiger partial charge in [-0.25, -0.2) is 4.79 Å². The van der Waals surface area contributed by atoms with Crippen molar-refractivity contribution in [3.8, 4) is 0 Å². The average molecular weight is 266 g/mol. The lowest BCUT2D eigenvalue weighted by Crippen LogP contribution is -2.34. The molecule has 0 aliphatic heterocycles. The fourth-order valence-corrected chi connectivity index (χ4v) is 1.40. The first kappa shape index (κ1) is 15.1. The maximum absolute atomic E-state index is 11.4. The lowest BCUT2D eigenvalue weighted by molar-refractivity contribution is -0.120. The lowest BCUT2D eigenvalue weighted by atomic mass is 10.1. The molecule has 1 rings (SSSR count). The van der Waals surface area contributed by atoms with Gasteiger partial charge in [-0.1, -0.05) is 12.1 Å². The van der Waals surface area contributed by atoms with E-state index in [0.29, 0.717) is 19.7 Å². The molecule has 6 nitrogen and oxygen atoms in total. The van der Waals surface area contributed by atoms with Crippen molar-refractivity contribution in [2.24, 2.45) is 0 Å². The molecular formula is C13H18N2O4. The van der Waals surface area contributed by atoms with E-state index in [4.69, 9.17) is 9.84 Å². The molecule has 1 aromatic carbocycles. The minimum Gasteiger partial charge on any atom is -0.478 e. The number of benzene rings is 1. The fourth-order valence-electron chi connectivity index (χ4n) is 1.40. The Morgan fingerprint density at radius 1 is 1.26 bits per heavy atom. The standard InChI is InChI=1S/C13H18N2O4/c1-19-7-6-14-9-12(16)15-8-10-2-4-11(5-3-10)13(17)18/h2-5,14H,6-9H2,1H3,(H,15,16)(H,17,18). The van der Waals surface area contributed by atoms with Crippen molar-refractivity contribution in [1.29, 1.82) is 0 Å². The molecule has 6 heteroatoms. The second-order valence-electron chi connectivity index (χ2n) is 3.95. The van der Waals surface area contributed by atoms with E-state index in [1.165, 1.54) is 12.1 Å². The number of nitrogens with one attached hydrogen (secondary N) is 2. The molecule has 3 N–H and O–H groups in total. The van der Waals surface area contributed by atoms with Crippen LogP contribution in [0, 0.1) is 0 Å². The molecule has 0 aliphatic carbocycles. The normalized spacial score (nSPS) is 10.2. The molecule has 0 saturated carbocycles. The minimum absolute atomic E-state index is 0.113. The summed E-state index contributed by atoms with van der Waals surface area (Å²) in [6.07, 6.45) is 0. The summed E-state index contributed by atoms with van der Waals surface area (Å²) in [5.41, 5.74) is 1.09. The van der Waals surface area contributed by atoms with Gasteiger partial charge < -0.3 is 20.5 Å². The Kier molecular flexibility index (Phi) is 6.56. The first-order chi connectivity index (χ1) is 9.13. The van der Waals surface area contributed by atoms with E-state index in [0.717, 1.165) is 5.56 Å². The molecule has 0 atom stereocenters. The summed E-state index contributed by atoms with van der Waals surface area (Å²) in [5, 5.41) is 14.4. The predicted molar refractivity (Wildman–Crippen MR) is 70.0 cm³/mol. The van der Waals surface area contributed by atoms with Crippen LogP contribution in [0.3, 0.4) is 0 Å². The van der Waals surface area contributed by atoms with Crippen LogP contribution in [-0.2, 0) is 16.1 Å². The molecule has 0 heterocycles. The van der Waals surface area contributed by atoms with Crippen LogP contribution in [-0.4, -0.2) is 43.8 Å². The minimum atomic E-state index is -0.960. The smallest absolute Gasteiger partial charge is 0.335 e. The monoisotopic (exact) mass is 266 g/mol. The van der Waals surface area contributed by atoms with Crippen molar-refractivity contribution in [2.75, 3.05) is 26.8 Å². The summed E-state index contributed by atoms with van der Waals surface area (Å²) in [5.74, 6) is -1.07. The molecule has 0 saturated heterocycles. The number of carbonyl (C=O) groups is 2. The first-order valence-electron chi connectivity index (χ1n) is 5.92. The van der Waals surface area contributed by atoms with E-state index in [1.54, 1.807) is 19.2 Å². The molecule has 0 radical (unpaired) electrons. The number of aromatic carboxylic acids is 1. The maximum Gasteiger partial charge on any atom is 0.335 e. The van der Waals surface area contributed by atoms with Crippen LogP contribution < -0.4 is 10.6 Å². The fraction of sp³-hybridized carbons (Fsp3) is 0.385. The highest BCUT2D eigenvalue weighted by Gasteiger charge is 2.03. The second kappa shape index (κ2) is 8.23. The van der Waals surface area contributed by atoms with E-state index >= 15 is 0 Å². The molecule has 19 heavy (non-hydrogen) atoms. The molecule has 0 bridgehead atoms. The van der Waals surface area contributed by atoms with Crippen molar-refractivity contribution in [1.82, 2.24) is 10.6 Å². The van der Waals surface area contributed by atoms with Gasteiger partial charge in [0.1, 0.15) is 0 Å². The topological polar surface area (TPSA) is 87.7 Å². The quantitative estimate of drug-likeness (QED) is 0.587. The summed E-state index contributed by atoms with van der Waals surface area (Å²) < 4.78 is 4.84. The van der Waals surface area contributed by atoms with E-state index in [1.807, 2.05) is 0 Å². The number of amides is 1. The molecule has 0 aromatic heterocycles. The molecule has 1 amide bonds. The largest absolute Gasteiger partial charge is 0.478 e. The third-order valence-corrected chi connectivity index (χ3v) is 2.46. The molecule has 0 fully saturated rings. The number of carboxylic acid groups (broad SMARTS) is 1. The van der Waals surface area contributed by atoms with Crippen LogP contribution in [0.15, 0.2) is 24.3 Å². The molecule has 0 aliphatic rings. The molecular weight excluding hydrogens is 248 g/mol. The van der Waals surface area contributed by atoms with Crippen LogP contribution in [0.1, 0.15) is 15.9 Å². The summed E-state index contributed by atoms with van der Waals surface area (Å²) in [6.45, 7) is 1.79. The Morgan fingerprint density at radius 2 is 1.95 bits per heavy atom. The van der Waals surface area contributed by atoms with Crippen molar-refractivity contribution < 1.29 is 19.4 Å². The first-order valence-corrected chi connectivity index (χ1v) is 5.92. The lowest BCUT2D eigenvalue weighted by Gasteiger charge is -2.06. The van der Waals surface area contributed by atoms with Crippen molar-refractivity contribution >= 4 is 11.9 Å². The Bertz CT molecular complexity index is 417. The number of methoxy groups -OCH3 is 1. The highest BCUT2D eigenvalue weighted by molar-refractivity contribution is 5.87. The summed E-state index contributed by atoms with van der Waals surface area (Å²) in [6, 6.07) is 6.39. The van der Waals surface area contributed by atoms with Crippen molar-refractivity contribution in [3.05, 3.63) is 35.4 Å². The third-order valence-electron chi connectivity index (χ3n) is 2.46. The van der Waals surface area contributed by atoms with E-state index in [-0.39, 0.29) is 18.0 Å². The van der Waals surface area contributed by atoms with E-state index < -0.39 is 5.97 Å². The van der Waals surface area contributed by atoms with Crippen molar-refractivity contribution in [2.45, 2.75) is 6.54 Å². The van der Waals surface area contributed by atoms with Gasteiger partial charge in [-0.2, -0.15) is 0 Å². The molecule has 0 spiro atoms. The number of carbonyl (C=O) groups excluding carboxylic acids is 1. The second-order valence-corrected chi connectivity index (χ2v) is 3.95. The van der Waals surface area contributed by atoms with Crippen molar-refractivity contribution in [3.63, 3.8) is 0 Å². The van der Waals surface area contributed by atoms with Crippen LogP contribution in [0.2, 0.25) is 0 Å². The van der Waals surface area contributed by atoms with Gasteiger partial charge in [0.15, 0.2) is 0 Å². The van der Waals surface area contributed by atoms with E-state index in [2.05, 4.69) is 10.6 Å². The zero-order chi connectivity index (χ0) is 14.1. The number of carboxylic acids is 1. The van der Waals surface area contributed by atoms with Gasteiger partial charge in [0.2, 0.25) is 5.91 Å². The van der Waals surface area contributed by atoms with Crippen LogP contribution in [0.5, 0.6) is 0 Å². The summed E-state index contributed by atoms with van der Waals surface area (Å²) in [4.78, 5) is 22.1. The van der Waals surface area contributed by atoms with Gasteiger partial charge in [-0.3, -0.25) is 4.79 Å². The Labute approximate surface area is 111 Å². The molecule has 1 aromatic rings. The van der Waals surface area contributed by atoms with Gasteiger partial charge in [0.05, 0.1) is 18.7 Å². The average Bonchev–Trinajstić information content (AvgIpc) is 2.42. The van der Waals surface area contributed by atoms with E-state index in [9.17, 15) is 9.59 Å². The van der Waals surface area contributed by atoms with Gasteiger partial charge in [-0.05, 0) is 17.7 Å². The Balaban J connectivity index is 2.28. The highest BCUT2D eigenvalue weighted by atomic mass is 16.5. The van der Waals surface area contributed by atoms with Gasteiger partial charge >= 0.3 is 5.97 Å². The third kappa shape index (κ3) is 5.98. The number of ether oxygens (including phenoxy) is 1. The Hall–Kier alpha value is -1.92. The molecule has 0 unspecified atom stereocenters. The van der Waals surface area contributed by atoms with Gasteiger partial charge in [0, 0.05) is 20.2 Å². The van der Waals surface area contributed by atoms with Crippen LogP contribution in [0.4, 0.5) is 0 Å². The number of rotatable bonds is 8. The SMILES string of the molecule is COCCNCC(=O)NCc1ccc(C(=O)O)cc1. The summed E-state index contributed by atoms with van der Waals surface area (Å²) in [7, 11) is 1.60. The maximum atomic E-state index is 11.4. The molecule has 104 valence electrons. The van der Waals surface area contributed by atoms with Crippen LogP contribution in [0.25, 0.3) is 0 Å². The number of hydrogen-bond acceptors (Lipinski definition) is 4.